The lowest BCUT2D eigenvalue weighted by molar-refractivity contribution is -0.00717. The molecule has 0 aliphatic carbocycles. The van der Waals surface area contributed by atoms with Gasteiger partial charge in [-0.3, -0.25) is 0 Å². The van der Waals surface area contributed by atoms with Crippen LogP contribution < -0.4 is 10.6 Å². The zero-order chi connectivity index (χ0) is 19.4. The molecule has 1 aliphatic heterocycles. The van der Waals surface area contributed by atoms with Gasteiger partial charge in [0.25, 0.3) is 0 Å². The maximum Gasteiger partial charge on any atom is 0.319 e. The van der Waals surface area contributed by atoms with E-state index in [1.54, 1.807) is 0 Å². The molecule has 1 fully saturated rings. The van der Waals surface area contributed by atoms with Crippen LogP contribution in [0, 0.1) is 19.8 Å². The normalized spacial score (nSPS) is 19.9. The lowest BCUT2D eigenvalue weighted by atomic mass is 9.96. The Hall–Kier alpha value is -2.34. The summed E-state index contributed by atoms with van der Waals surface area (Å²) in [6.45, 7) is 8.98. The van der Waals surface area contributed by atoms with E-state index in [0.717, 1.165) is 42.0 Å². The molecular formula is C21H30N4O2. The number of aryl methyl sites for hydroxylation is 1. The lowest BCUT2D eigenvalue weighted by Gasteiger charge is -2.31. The molecule has 0 bridgehead atoms. The van der Waals surface area contributed by atoms with Crippen LogP contribution in [0.5, 0.6) is 0 Å². The highest BCUT2D eigenvalue weighted by molar-refractivity contribution is 5.90. The van der Waals surface area contributed by atoms with Gasteiger partial charge in [0, 0.05) is 12.6 Å². The van der Waals surface area contributed by atoms with Gasteiger partial charge in [-0.1, -0.05) is 32.0 Å². The fraction of sp³-hybridized carbons (Fsp3) is 0.524. The van der Waals surface area contributed by atoms with E-state index in [9.17, 15) is 4.79 Å². The standard InChI is InChI=1S/C21H30N4O2/c1-14(2)12-19-13-17(10-11-27-19)22-21(26)23-20-15(3)24-25(16(20)4)18-8-6-5-7-9-18/h5-9,14,17,19H,10-13H2,1-4H3,(H2,22,23,26)/t17-,19-/m1/s1. The fourth-order valence-corrected chi connectivity index (χ4v) is 3.68. The number of para-hydroxylation sites is 1. The summed E-state index contributed by atoms with van der Waals surface area (Å²) < 4.78 is 7.68. The summed E-state index contributed by atoms with van der Waals surface area (Å²) in [5, 5.41) is 10.7. The molecule has 2 heterocycles. The lowest BCUT2D eigenvalue weighted by Crippen LogP contribution is -2.44. The van der Waals surface area contributed by atoms with Gasteiger partial charge >= 0.3 is 6.03 Å². The van der Waals surface area contributed by atoms with E-state index in [1.165, 1.54) is 0 Å². The van der Waals surface area contributed by atoms with E-state index in [4.69, 9.17) is 4.74 Å². The van der Waals surface area contributed by atoms with Crippen LogP contribution in [0.25, 0.3) is 5.69 Å². The summed E-state index contributed by atoms with van der Waals surface area (Å²) in [6.07, 6.45) is 2.98. The number of aromatic nitrogens is 2. The van der Waals surface area contributed by atoms with Crippen LogP contribution in [0.2, 0.25) is 0 Å². The maximum absolute atomic E-state index is 12.6. The third-order valence-electron chi connectivity index (χ3n) is 4.97. The molecule has 1 aromatic carbocycles. The molecule has 6 heteroatoms. The number of rotatable bonds is 5. The highest BCUT2D eigenvalue weighted by atomic mass is 16.5. The molecule has 6 nitrogen and oxygen atoms in total. The van der Waals surface area contributed by atoms with Crippen molar-refractivity contribution in [2.24, 2.45) is 5.92 Å². The second-order valence-corrected chi connectivity index (χ2v) is 7.74. The van der Waals surface area contributed by atoms with Gasteiger partial charge in [-0.05, 0) is 51.2 Å². The van der Waals surface area contributed by atoms with E-state index in [2.05, 4.69) is 29.6 Å². The van der Waals surface area contributed by atoms with Crippen molar-refractivity contribution in [1.82, 2.24) is 15.1 Å². The molecule has 0 radical (unpaired) electrons. The average Bonchev–Trinajstić information content (AvgIpc) is 2.90. The van der Waals surface area contributed by atoms with E-state index in [1.807, 2.05) is 48.9 Å². The molecule has 2 aromatic rings. The smallest absolute Gasteiger partial charge is 0.319 e. The van der Waals surface area contributed by atoms with Crippen LogP contribution >= 0.6 is 0 Å². The monoisotopic (exact) mass is 370 g/mol. The van der Waals surface area contributed by atoms with Crippen LogP contribution in [0.4, 0.5) is 10.5 Å². The van der Waals surface area contributed by atoms with Crippen LogP contribution in [0.1, 0.15) is 44.5 Å². The van der Waals surface area contributed by atoms with E-state index >= 15 is 0 Å². The quantitative estimate of drug-likeness (QED) is 0.829. The summed E-state index contributed by atoms with van der Waals surface area (Å²) in [5.74, 6) is 0.594. The Morgan fingerprint density at radius 1 is 1.30 bits per heavy atom. The molecule has 27 heavy (non-hydrogen) atoms. The Balaban J connectivity index is 1.64. The van der Waals surface area contributed by atoms with Crippen molar-refractivity contribution >= 4 is 11.7 Å². The summed E-state index contributed by atoms with van der Waals surface area (Å²) in [4.78, 5) is 12.6. The molecule has 3 rings (SSSR count). The number of anilines is 1. The molecule has 0 saturated carbocycles. The molecule has 146 valence electrons. The van der Waals surface area contributed by atoms with Crippen LogP contribution in [0.15, 0.2) is 30.3 Å². The van der Waals surface area contributed by atoms with Gasteiger partial charge in [0.05, 0.1) is 28.9 Å². The topological polar surface area (TPSA) is 68.2 Å². The van der Waals surface area contributed by atoms with Gasteiger partial charge in [-0.15, -0.1) is 0 Å². The summed E-state index contributed by atoms with van der Waals surface area (Å²) in [5.41, 5.74) is 3.46. The second kappa shape index (κ2) is 8.57. The number of amides is 2. The molecule has 2 N–H and O–H groups in total. The second-order valence-electron chi connectivity index (χ2n) is 7.74. The van der Waals surface area contributed by atoms with Crippen molar-refractivity contribution in [3.63, 3.8) is 0 Å². The Bertz CT molecular complexity index is 770. The largest absolute Gasteiger partial charge is 0.378 e. The van der Waals surface area contributed by atoms with Gasteiger partial charge in [0.1, 0.15) is 0 Å². The van der Waals surface area contributed by atoms with Crippen LogP contribution in [-0.4, -0.2) is 34.6 Å². The first kappa shape index (κ1) is 19.4. The highest BCUT2D eigenvalue weighted by Gasteiger charge is 2.25. The Morgan fingerprint density at radius 2 is 2.04 bits per heavy atom. The summed E-state index contributed by atoms with van der Waals surface area (Å²) in [7, 11) is 0. The first-order chi connectivity index (χ1) is 12.9. The molecule has 2 amide bonds. The van der Waals surface area contributed by atoms with Crippen molar-refractivity contribution in [3.05, 3.63) is 41.7 Å². The number of urea groups is 1. The minimum absolute atomic E-state index is 0.146. The van der Waals surface area contributed by atoms with Crippen molar-refractivity contribution in [2.45, 2.75) is 59.1 Å². The molecule has 2 atom stereocenters. The number of hydrogen-bond donors (Lipinski definition) is 2. The highest BCUT2D eigenvalue weighted by Crippen LogP contribution is 2.23. The van der Waals surface area contributed by atoms with Gasteiger partial charge in [0.15, 0.2) is 0 Å². The Kier molecular flexibility index (Phi) is 6.16. The van der Waals surface area contributed by atoms with E-state index in [-0.39, 0.29) is 18.2 Å². The molecule has 1 aromatic heterocycles. The molecule has 1 aliphatic rings. The van der Waals surface area contributed by atoms with Crippen LogP contribution in [-0.2, 0) is 4.74 Å². The first-order valence-electron chi connectivity index (χ1n) is 9.74. The predicted octanol–water partition coefficient (Wildman–Crippen LogP) is 4.20. The minimum atomic E-state index is -0.177. The van der Waals surface area contributed by atoms with Crippen molar-refractivity contribution in [2.75, 3.05) is 11.9 Å². The summed E-state index contributed by atoms with van der Waals surface area (Å²) in [6, 6.07) is 9.90. The van der Waals surface area contributed by atoms with Gasteiger partial charge in [-0.25, -0.2) is 9.48 Å². The van der Waals surface area contributed by atoms with Crippen LogP contribution in [0.3, 0.4) is 0 Å². The minimum Gasteiger partial charge on any atom is -0.378 e. The number of carbonyl (C=O) groups excluding carboxylic acids is 1. The van der Waals surface area contributed by atoms with Gasteiger partial charge in [-0.2, -0.15) is 5.10 Å². The summed E-state index contributed by atoms with van der Waals surface area (Å²) >= 11 is 0. The molecule has 0 spiro atoms. The zero-order valence-corrected chi connectivity index (χ0v) is 16.7. The number of carbonyl (C=O) groups is 1. The van der Waals surface area contributed by atoms with Gasteiger partial charge in [0.2, 0.25) is 0 Å². The Labute approximate surface area is 161 Å². The zero-order valence-electron chi connectivity index (χ0n) is 16.7. The number of nitrogens with zero attached hydrogens (tertiary/aromatic N) is 2. The Morgan fingerprint density at radius 3 is 2.74 bits per heavy atom. The van der Waals surface area contributed by atoms with E-state index in [0.29, 0.717) is 12.5 Å². The van der Waals surface area contributed by atoms with E-state index < -0.39 is 0 Å². The predicted molar refractivity (Wildman–Crippen MR) is 107 cm³/mol. The maximum atomic E-state index is 12.6. The molecule has 1 saturated heterocycles. The SMILES string of the molecule is Cc1nn(-c2ccccc2)c(C)c1NC(=O)N[C@@H]1CCO[C@H](CC(C)C)C1. The third-order valence-corrected chi connectivity index (χ3v) is 4.97. The van der Waals surface area contributed by atoms with Gasteiger partial charge < -0.3 is 15.4 Å². The average molecular weight is 370 g/mol. The van der Waals surface area contributed by atoms with Crippen molar-refractivity contribution in [3.8, 4) is 5.69 Å². The van der Waals surface area contributed by atoms with Crippen molar-refractivity contribution < 1.29 is 9.53 Å². The molecule has 0 unspecified atom stereocenters. The number of hydrogen-bond acceptors (Lipinski definition) is 3. The van der Waals surface area contributed by atoms with Crippen molar-refractivity contribution in [1.29, 1.82) is 0 Å². The molecular weight excluding hydrogens is 340 g/mol. The fourth-order valence-electron chi connectivity index (χ4n) is 3.68. The first-order valence-corrected chi connectivity index (χ1v) is 9.74. The third kappa shape index (κ3) is 4.89. The number of ether oxygens (including phenoxy) is 1. The number of benzene rings is 1. The number of nitrogens with one attached hydrogen (secondary N) is 2.